The summed E-state index contributed by atoms with van der Waals surface area (Å²) in [7, 11) is 1.81. The minimum Gasteiger partial charge on any atom is -0.373 e. The van der Waals surface area contributed by atoms with Gasteiger partial charge >= 0.3 is 0 Å². The lowest BCUT2D eigenvalue weighted by molar-refractivity contribution is -0.117. The van der Waals surface area contributed by atoms with E-state index in [4.69, 9.17) is 4.74 Å². The minimum atomic E-state index is -1.48. The summed E-state index contributed by atoms with van der Waals surface area (Å²) in [6.45, 7) is 2.73. The van der Waals surface area contributed by atoms with E-state index in [0.29, 0.717) is 36.8 Å². The molecule has 0 atom stereocenters. The van der Waals surface area contributed by atoms with Gasteiger partial charge in [0.05, 0.1) is 25.5 Å². The van der Waals surface area contributed by atoms with Gasteiger partial charge in [0.1, 0.15) is 5.69 Å². The zero-order valence-corrected chi connectivity index (χ0v) is 16.7. The van der Waals surface area contributed by atoms with Crippen LogP contribution < -0.4 is 15.1 Å². The lowest BCUT2D eigenvalue weighted by Crippen LogP contribution is -2.45. The third kappa shape index (κ3) is 3.91. The van der Waals surface area contributed by atoms with Crippen LogP contribution in [0.1, 0.15) is 25.3 Å². The summed E-state index contributed by atoms with van der Waals surface area (Å²) in [5, 5.41) is 3.25. The maximum Gasteiger partial charge on any atom is 0.246 e. The Kier molecular flexibility index (Phi) is 5.50. The van der Waals surface area contributed by atoms with E-state index in [1.165, 1.54) is 0 Å². The predicted octanol–water partition coefficient (Wildman–Crippen LogP) is 2.86. The molecule has 1 aromatic carbocycles. The zero-order valence-electron chi connectivity index (χ0n) is 16.7. The molecule has 2 aromatic rings. The Labute approximate surface area is 171 Å². The van der Waals surface area contributed by atoms with Crippen molar-refractivity contribution >= 4 is 23.4 Å². The van der Waals surface area contributed by atoms with E-state index in [2.05, 4.69) is 15.3 Å². The van der Waals surface area contributed by atoms with Crippen LogP contribution in [0.4, 0.5) is 30.6 Å². The zero-order chi connectivity index (χ0) is 21.4. The number of nitrogens with zero attached hydrogens (tertiary/aromatic N) is 4. The normalized spacial score (nSPS) is 20.8. The number of rotatable bonds is 6. The van der Waals surface area contributed by atoms with Crippen molar-refractivity contribution in [3.8, 4) is 0 Å². The van der Waals surface area contributed by atoms with Crippen LogP contribution >= 0.6 is 0 Å². The van der Waals surface area contributed by atoms with E-state index in [9.17, 15) is 18.0 Å². The van der Waals surface area contributed by atoms with Gasteiger partial charge in [-0.05, 0) is 37.5 Å². The molecule has 0 saturated heterocycles. The fourth-order valence-corrected chi connectivity index (χ4v) is 3.66. The number of halogens is 3. The Morgan fingerprint density at radius 1 is 1.23 bits per heavy atom. The van der Waals surface area contributed by atoms with Crippen molar-refractivity contribution < 1.29 is 22.7 Å². The molecule has 0 spiro atoms. The van der Waals surface area contributed by atoms with Crippen LogP contribution in [0, 0.1) is 17.5 Å². The number of carbonyl (C=O) groups is 1. The smallest absolute Gasteiger partial charge is 0.246 e. The molecule has 1 aromatic heterocycles. The molecular weight excluding hydrogens is 399 g/mol. The Morgan fingerprint density at radius 3 is 2.60 bits per heavy atom. The fraction of sp³-hybridized carbons (Fsp3) is 0.450. The second kappa shape index (κ2) is 8.10. The van der Waals surface area contributed by atoms with E-state index in [1.54, 1.807) is 16.0 Å². The molecule has 1 saturated carbocycles. The first-order valence-corrected chi connectivity index (χ1v) is 9.75. The standard InChI is InChI=1S/C20H22F3N5O2/c1-3-28-16-8-24-20(26-19(16)27(2)9-17(28)29)25-12-6-13(7-12)30-10-11-4-14(21)18(23)15(22)5-11/h4-5,8,12-13H,3,6-7,9-10H2,1-2H3,(H,24,25,26). The average molecular weight is 421 g/mol. The number of ether oxygens (including phenoxy) is 1. The quantitative estimate of drug-likeness (QED) is 0.724. The maximum atomic E-state index is 13.3. The number of likely N-dealkylation sites (N-methyl/N-ethyl adjacent to an activating group) is 2. The van der Waals surface area contributed by atoms with Crippen LogP contribution in [0.25, 0.3) is 0 Å². The second-order valence-electron chi connectivity index (χ2n) is 7.52. The molecular formula is C20H22F3N5O2. The van der Waals surface area contributed by atoms with Gasteiger partial charge in [-0.15, -0.1) is 0 Å². The van der Waals surface area contributed by atoms with Gasteiger partial charge in [0.2, 0.25) is 11.9 Å². The van der Waals surface area contributed by atoms with Crippen LogP contribution in [0.15, 0.2) is 18.3 Å². The van der Waals surface area contributed by atoms with Gasteiger partial charge in [-0.25, -0.2) is 18.2 Å². The van der Waals surface area contributed by atoms with Crippen molar-refractivity contribution in [3.63, 3.8) is 0 Å². The lowest BCUT2D eigenvalue weighted by atomic mass is 9.89. The predicted molar refractivity (Wildman–Crippen MR) is 105 cm³/mol. The summed E-state index contributed by atoms with van der Waals surface area (Å²) in [6, 6.07) is 1.98. The highest BCUT2D eigenvalue weighted by Gasteiger charge is 2.32. The van der Waals surface area contributed by atoms with Gasteiger partial charge in [-0.3, -0.25) is 4.79 Å². The fourth-order valence-electron chi connectivity index (χ4n) is 3.66. The Balaban J connectivity index is 1.31. The third-order valence-corrected chi connectivity index (χ3v) is 5.35. The van der Waals surface area contributed by atoms with Crippen LogP contribution in [-0.4, -0.2) is 48.2 Å². The van der Waals surface area contributed by atoms with Crippen molar-refractivity contribution in [2.24, 2.45) is 0 Å². The van der Waals surface area contributed by atoms with Crippen molar-refractivity contribution in [1.29, 1.82) is 0 Å². The van der Waals surface area contributed by atoms with E-state index in [-0.39, 0.29) is 36.8 Å². The number of aromatic nitrogens is 2. The van der Waals surface area contributed by atoms with Crippen LogP contribution in [0.5, 0.6) is 0 Å². The largest absolute Gasteiger partial charge is 0.373 e. The molecule has 2 aliphatic rings. The van der Waals surface area contributed by atoms with Crippen molar-refractivity contribution in [2.75, 3.05) is 35.3 Å². The number of fused-ring (bicyclic) bond motifs is 1. The summed E-state index contributed by atoms with van der Waals surface area (Å²) in [6.07, 6.45) is 2.93. The first-order chi connectivity index (χ1) is 14.4. The highest BCUT2D eigenvalue weighted by atomic mass is 19.2. The van der Waals surface area contributed by atoms with Crippen LogP contribution in [-0.2, 0) is 16.1 Å². The Morgan fingerprint density at radius 2 is 1.93 bits per heavy atom. The molecule has 7 nitrogen and oxygen atoms in total. The molecule has 0 radical (unpaired) electrons. The summed E-state index contributed by atoms with van der Waals surface area (Å²) in [5.74, 6) is -2.75. The van der Waals surface area contributed by atoms with Gasteiger partial charge < -0.3 is 19.9 Å². The molecule has 0 unspecified atom stereocenters. The summed E-state index contributed by atoms with van der Waals surface area (Å²) in [4.78, 5) is 24.4. The Hall–Kier alpha value is -2.88. The Bertz CT molecular complexity index is 944. The summed E-state index contributed by atoms with van der Waals surface area (Å²) in [5.41, 5.74) is 0.939. The summed E-state index contributed by atoms with van der Waals surface area (Å²) < 4.78 is 45.2. The molecule has 1 fully saturated rings. The SMILES string of the molecule is CCN1C(=O)CN(C)c2nc(NC3CC(OCc4cc(F)c(F)c(F)c4)C3)ncc21. The van der Waals surface area contributed by atoms with Crippen molar-refractivity contribution in [3.05, 3.63) is 41.3 Å². The topological polar surface area (TPSA) is 70.6 Å². The molecule has 1 N–H and O–H groups in total. The highest BCUT2D eigenvalue weighted by molar-refractivity contribution is 6.02. The van der Waals surface area contributed by atoms with Gasteiger partial charge in [0, 0.05) is 19.6 Å². The number of anilines is 3. The van der Waals surface area contributed by atoms with Crippen LogP contribution in [0.2, 0.25) is 0 Å². The number of nitrogens with one attached hydrogen (secondary N) is 1. The molecule has 30 heavy (non-hydrogen) atoms. The molecule has 160 valence electrons. The number of hydrogen-bond acceptors (Lipinski definition) is 6. The van der Waals surface area contributed by atoms with Gasteiger partial charge in [0.25, 0.3) is 0 Å². The van der Waals surface area contributed by atoms with Gasteiger partial charge in [0.15, 0.2) is 23.3 Å². The van der Waals surface area contributed by atoms with Crippen molar-refractivity contribution in [1.82, 2.24) is 9.97 Å². The van der Waals surface area contributed by atoms with E-state index < -0.39 is 17.5 Å². The van der Waals surface area contributed by atoms with E-state index in [1.807, 2.05) is 14.0 Å². The number of amides is 1. The number of benzene rings is 1. The minimum absolute atomic E-state index is 0.00648. The second-order valence-corrected chi connectivity index (χ2v) is 7.52. The number of hydrogen-bond donors (Lipinski definition) is 1. The third-order valence-electron chi connectivity index (χ3n) is 5.35. The lowest BCUT2D eigenvalue weighted by Gasteiger charge is -2.36. The monoisotopic (exact) mass is 421 g/mol. The first-order valence-electron chi connectivity index (χ1n) is 9.75. The van der Waals surface area contributed by atoms with Crippen LogP contribution in [0.3, 0.4) is 0 Å². The average Bonchev–Trinajstić information content (AvgIpc) is 2.68. The molecule has 4 rings (SSSR count). The summed E-state index contributed by atoms with van der Waals surface area (Å²) >= 11 is 0. The first kappa shape index (κ1) is 20.4. The van der Waals surface area contributed by atoms with Gasteiger partial charge in [-0.1, -0.05) is 0 Å². The molecule has 2 heterocycles. The van der Waals surface area contributed by atoms with Crippen molar-refractivity contribution in [2.45, 2.75) is 38.5 Å². The van der Waals surface area contributed by atoms with Gasteiger partial charge in [-0.2, -0.15) is 4.98 Å². The molecule has 1 aliphatic carbocycles. The van der Waals surface area contributed by atoms with E-state index in [0.717, 1.165) is 12.1 Å². The maximum absolute atomic E-state index is 13.3. The van der Waals surface area contributed by atoms with E-state index >= 15 is 0 Å². The molecule has 0 bridgehead atoms. The molecule has 1 amide bonds. The molecule has 1 aliphatic heterocycles. The number of carbonyl (C=O) groups excluding carboxylic acids is 1. The molecule has 10 heteroatoms. The highest BCUT2D eigenvalue weighted by Crippen LogP contribution is 2.32.